The molecule has 5 nitrogen and oxygen atoms in total. The number of nitrogens with one attached hydrogen (secondary N) is 1. The summed E-state index contributed by atoms with van der Waals surface area (Å²) in [7, 11) is 0. The minimum absolute atomic E-state index is 0.0875. The number of benzene rings is 2. The van der Waals surface area contributed by atoms with E-state index < -0.39 is 0 Å². The molecule has 1 atom stereocenters. The van der Waals surface area contributed by atoms with Crippen molar-refractivity contribution < 1.29 is 4.79 Å². The molecule has 0 bridgehead atoms. The third-order valence-electron chi connectivity index (χ3n) is 4.38. The summed E-state index contributed by atoms with van der Waals surface area (Å²) in [6.07, 6.45) is 1.68. The molecular formula is C20H16Cl2N4OS. The number of carbonyl (C=O) groups is 1. The third-order valence-corrected chi connectivity index (χ3v) is 5.81. The zero-order chi connectivity index (χ0) is 19.7. The van der Waals surface area contributed by atoms with Crippen molar-refractivity contribution in [2.45, 2.75) is 18.1 Å². The van der Waals surface area contributed by atoms with Crippen LogP contribution in [0.1, 0.15) is 18.5 Å². The molecule has 8 heteroatoms. The Balaban J connectivity index is 1.42. The van der Waals surface area contributed by atoms with Gasteiger partial charge in [0, 0.05) is 6.20 Å². The second-order valence-corrected chi connectivity index (χ2v) is 8.15. The number of thioether (sulfide) groups is 1. The zero-order valence-corrected chi connectivity index (χ0v) is 17.2. The van der Waals surface area contributed by atoms with Gasteiger partial charge in [-0.2, -0.15) is 0 Å². The van der Waals surface area contributed by atoms with E-state index in [-0.39, 0.29) is 17.7 Å². The predicted molar refractivity (Wildman–Crippen MR) is 114 cm³/mol. The van der Waals surface area contributed by atoms with E-state index in [0.717, 1.165) is 10.9 Å². The molecule has 1 N–H and O–H groups in total. The van der Waals surface area contributed by atoms with Crippen LogP contribution in [0.25, 0.3) is 16.4 Å². The van der Waals surface area contributed by atoms with Gasteiger partial charge in [0.25, 0.3) is 0 Å². The van der Waals surface area contributed by atoms with Crippen LogP contribution in [-0.4, -0.2) is 26.3 Å². The number of rotatable bonds is 5. The van der Waals surface area contributed by atoms with Crippen LogP contribution in [0.5, 0.6) is 0 Å². The monoisotopic (exact) mass is 430 g/mol. The minimum atomic E-state index is -0.100. The Morgan fingerprint density at radius 3 is 2.75 bits per heavy atom. The summed E-state index contributed by atoms with van der Waals surface area (Å²) in [6, 6.07) is 15.9. The van der Waals surface area contributed by atoms with Gasteiger partial charge in [0.05, 0.1) is 21.8 Å². The molecule has 0 saturated heterocycles. The molecule has 0 aliphatic rings. The summed E-state index contributed by atoms with van der Waals surface area (Å²) in [5, 5.41) is 15.0. The molecule has 142 valence electrons. The van der Waals surface area contributed by atoms with Crippen molar-refractivity contribution >= 4 is 57.3 Å². The van der Waals surface area contributed by atoms with Crippen molar-refractivity contribution in [3.63, 3.8) is 0 Å². The van der Waals surface area contributed by atoms with Gasteiger partial charge in [-0.1, -0.05) is 71.4 Å². The first-order chi connectivity index (χ1) is 13.5. The van der Waals surface area contributed by atoms with E-state index in [0.29, 0.717) is 20.8 Å². The van der Waals surface area contributed by atoms with Crippen molar-refractivity contribution in [2.24, 2.45) is 0 Å². The van der Waals surface area contributed by atoms with Gasteiger partial charge in [0.15, 0.2) is 10.8 Å². The summed E-state index contributed by atoms with van der Waals surface area (Å²) in [5.74, 6) is 0.124. The quantitative estimate of drug-likeness (QED) is 0.444. The Hall–Kier alpha value is -2.28. The summed E-state index contributed by atoms with van der Waals surface area (Å²) in [5.41, 5.74) is 1.57. The molecule has 0 aliphatic heterocycles. The topological polar surface area (TPSA) is 59.3 Å². The predicted octanol–water partition coefficient (Wildman–Crippen LogP) is 5.16. The van der Waals surface area contributed by atoms with Gasteiger partial charge < -0.3 is 5.32 Å². The van der Waals surface area contributed by atoms with Crippen LogP contribution in [0, 0.1) is 0 Å². The molecule has 0 spiro atoms. The van der Waals surface area contributed by atoms with E-state index >= 15 is 0 Å². The number of hydrogen-bond acceptors (Lipinski definition) is 4. The van der Waals surface area contributed by atoms with Crippen molar-refractivity contribution in [3.8, 4) is 0 Å². The highest BCUT2D eigenvalue weighted by Crippen LogP contribution is 2.25. The number of amides is 1. The van der Waals surface area contributed by atoms with Crippen LogP contribution in [0.3, 0.4) is 0 Å². The van der Waals surface area contributed by atoms with Crippen molar-refractivity contribution in [3.05, 3.63) is 70.3 Å². The van der Waals surface area contributed by atoms with Crippen molar-refractivity contribution in [2.75, 3.05) is 5.75 Å². The lowest BCUT2D eigenvalue weighted by atomic mass is 10.0. The highest BCUT2D eigenvalue weighted by Gasteiger charge is 2.14. The second kappa shape index (κ2) is 7.99. The summed E-state index contributed by atoms with van der Waals surface area (Å²) in [6.45, 7) is 1.97. The van der Waals surface area contributed by atoms with Gasteiger partial charge in [0.1, 0.15) is 0 Å². The van der Waals surface area contributed by atoms with E-state index in [1.807, 2.05) is 25.1 Å². The Bertz CT molecular complexity index is 1180. The lowest BCUT2D eigenvalue weighted by Crippen LogP contribution is -2.28. The molecule has 28 heavy (non-hydrogen) atoms. The molecule has 1 amide bonds. The molecule has 4 rings (SSSR count). The third kappa shape index (κ3) is 3.94. The fraction of sp³-hybridized carbons (Fsp3) is 0.150. The fourth-order valence-electron chi connectivity index (χ4n) is 2.97. The lowest BCUT2D eigenvalue weighted by molar-refractivity contribution is -0.119. The molecule has 2 aromatic heterocycles. The molecule has 2 heterocycles. The molecule has 1 unspecified atom stereocenters. The van der Waals surface area contributed by atoms with Gasteiger partial charge in [0.2, 0.25) is 5.91 Å². The molecule has 4 aromatic rings. The van der Waals surface area contributed by atoms with Gasteiger partial charge in [-0.15, -0.1) is 10.2 Å². The fourth-order valence-corrected chi connectivity index (χ4v) is 4.20. The van der Waals surface area contributed by atoms with Crippen molar-refractivity contribution in [1.29, 1.82) is 0 Å². The first-order valence-corrected chi connectivity index (χ1v) is 10.4. The number of hydrogen-bond donors (Lipinski definition) is 1. The average molecular weight is 431 g/mol. The van der Waals surface area contributed by atoms with Crippen LogP contribution in [0.15, 0.2) is 59.9 Å². The van der Waals surface area contributed by atoms with E-state index in [2.05, 4.69) is 39.8 Å². The summed E-state index contributed by atoms with van der Waals surface area (Å²) < 4.78 is 1.69. The molecule has 0 radical (unpaired) electrons. The average Bonchev–Trinajstić information content (AvgIpc) is 3.09. The highest BCUT2D eigenvalue weighted by atomic mass is 35.5. The maximum absolute atomic E-state index is 12.4. The zero-order valence-electron chi connectivity index (χ0n) is 14.9. The van der Waals surface area contributed by atoms with E-state index in [1.54, 1.807) is 16.7 Å². The van der Waals surface area contributed by atoms with Gasteiger partial charge in [-0.25, -0.2) is 0 Å². The molecule has 0 aliphatic carbocycles. The normalized spacial score (nSPS) is 12.4. The Labute approximate surface area is 176 Å². The van der Waals surface area contributed by atoms with Gasteiger partial charge in [-0.3, -0.25) is 9.20 Å². The second-order valence-electron chi connectivity index (χ2n) is 6.37. The Morgan fingerprint density at radius 2 is 1.93 bits per heavy atom. The minimum Gasteiger partial charge on any atom is -0.349 e. The lowest BCUT2D eigenvalue weighted by Gasteiger charge is -2.15. The van der Waals surface area contributed by atoms with Crippen molar-refractivity contribution in [1.82, 2.24) is 19.9 Å². The number of pyridine rings is 1. The maximum atomic E-state index is 12.4. The maximum Gasteiger partial charge on any atom is 0.230 e. The number of aromatic nitrogens is 3. The highest BCUT2D eigenvalue weighted by molar-refractivity contribution is 7.99. The van der Waals surface area contributed by atoms with E-state index in [9.17, 15) is 4.79 Å². The molecule has 2 aromatic carbocycles. The SMILES string of the molecule is CC(NC(=O)CSc1nnc2c(Cl)cc(Cl)cn12)c1ccc2ccccc2c1. The van der Waals surface area contributed by atoms with Crippen LogP contribution in [0.2, 0.25) is 10.0 Å². The van der Waals surface area contributed by atoms with E-state index in [4.69, 9.17) is 23.2 Å². The smallest absolute Gasteiger partial charge is 0.230 e. The first kappa shape index (κ1) is 19.1. The van der Waals surface area contributed by atoms with Crippen LogP contribution in [0.4, 0.5) is 0 Å². The standard InChI is InChI=1S/C20H16Cl2N4OS/c1-12(14-7-6-13-4-2-3-5-15(13)8-14)23-18(27)11-28-20-25-24-19-17(22)9-16(21)10-26(19)20/h2-10,12H,11H2,1H3,(H,23,27). The molecular weight excluding hydrogens is 415 g/mol. The molecule has 0 saturated carbocycles. The van der Waals surface area contributed by atoms with Crippen LogP contribution < -0.4 is 5.32 Å². The van der Waals surface area contributed by atoms with Gasteiger partial charge >= 0.3 is 0 Å². The summed E-state index contributed by atoms with van der Waals surface area (Å²) in [4.78, 5) is 12.4. The summed E-state index contributed by atoms with van der Waals surface area (Å²) >= 11 is 13.4. The van der Waals surface area contributed by atoms with Gasteiger partial charge in [-0.05, 0) is 35.4 Å². The Morgan fingerprint density at radius 1 is 1.14 bits per heavy atom. The number of fused-ring (bicyclic) bond motifs is 2. The first-order valence-electron chi connectivity index (χ1n) is 8.62. The number of carbonyl (C=O) groups excluding carboxylic acids is 1. The molecule has 0 fully saturated rings. The number of halogens is 2. The number of nitrogens with zero attached hydrogens (tertiary/aromatic N) is 3. The van der Waals surface area contributed by atoms with Crippen LogP contribution in [-0.2, 0) is 4.79 Å². The largest absolute Gasteiger partial charge is 0.349 e. The Kier molecular flexibility index (Phi) is 5.44. The van der Waals surface area contributed by atoms with E-state index in [1.165, 1.54) is 17.1 Å². The van der Waals surface area contributed by atoms with Crippen LogP contribution >= 0.6 is 35.0 Å².